The molecule has 0 aliphatic carbocycles. The van der Waals surface area contributed by atoms with E-state index in [4.69, 9.17) is 0 Å². The van der Waals surface area contributed by atoms with Gasteiger partial charge in [0.2, 0.25) is 5.91 Å². The Hall–Kier alpha value is -0.940. The minimum Gasteiger partial charge on any atom is -0.338 e. The van der Waals surface area contributed by atoms with Crippen molar-refractivity contribution in [2.24, 2.45) is 5.41 Å². The van der Waals surface area contributed by atoms with Crippen LogP contribution in [0.2, 0.25) is 0 Å². The van der Waals surface area contributed by atoms with Crippen molar-refractivity contribution in [2.45, 2.75) is 52.6 Å². The molecule has 2 fully saturated rings. The molecule has 0 saturated carbocycles. The van der Waals surface area contributed by atoms with Gasteiger partial charge in [-0.05, 0) is 39.7 Å². The summed E-state index contributed by atoms with van der Waals surface area (Å²) in [6.45, 7) is 10.2. The zero-order chi connectivity index (χ0) is 15.0. The first-order valence-electron chi connectivity index (χ1n) is 7.98. The van der Waals surface area contributed by atoms with Gasteiger partial charge in [0, 0.05) is 31.1 Å². The molecule has 1 amide bonds. The summed E-state index contributed by atoms with van der Waals surface area (Å²) in [6.07, 6.45) is 3.23. The molecule has 2 aliphatic heterocycles. The number of hydrogen-bond donors (Lipinski definition) is 0. The van der Waals surface area contributed by atoms with Gasteiger partial charge in [0.05, 0.1) is 16.1 Å². The van der Waals surface area contributed by atoms with Crippen LogP contribution in [0.1, 0.15) is 43.8 Å². The number of amides is 1. The topological polar surface area (TPSA) is 36.4 Å². The van der Waals surface area contributed by atoms with Crippen molar-refractivity contribution in [2.75, 3.05) is 19.6 Å². The van der Waals surface area contributed by atoms with Gasteiger partial charge >= 0.3 is 0 Å². The number of hydrogen-bond acceptors (Lipinski definition) is 4. The Morgan fingerprint density at radius 2 is 2.29 bits per heavy atom. The Labute approximate surface area is 131 Å². The van der Waals surface area contributed by atoms with Crippen LogP contribution >= 0.6 is 11.3 Å². The highest BCUT2D eigenvalue weighted by Crippen LogP contribution is 2.42. The molecule has 21 heavy (non-hydrogen) atoms. The van der Waals surface area contributed by atoms with E-state index >= 15 is 0 Å². The van der Waals surface area contributed by atoms with Crippen LogP contribution in [0.5, 0.6) is 0 Å². The Bertz CT molecular complexity index is 529. The van der Waals surface area contributed by atoms with E-state index in [0.29, 0.717) is 11.9 Å². The van der Waals surface area contributed by atoms with Gasteiger partial charge in [0.15, 0.2) is 0 Å². The maximum absolute atomic E-state index is 12.6. The minimum absolute atomic E-state index is 0.0905. The van der Waals surface area contributed by atoms with E-state index in [0.717, 1.165) is 56.1 Å². The second kappa shape index (κ2) is 5.69. The van der Waals surface area contributed by atoms with E-state index in [-0.39, 0.29) is 5.41 Å². The minimum atomic E-state index is -0.0905. The maximum atomic E-state index is 12.6. The van der Waals surface area contributed by atoms with Crippen LogP contribution in [0.4, 0.5) is 0 Å². The highest BCUT2D eigenvalue weighted by Gasteiger charge is 2.54. The molecule has 0 aromatic carbocycles. The summed E-state index contributed by atoms with van der Waals surface area (Å²) >= 11 is 1.71. The fourth-order valence-corrected chi connectivity index (χ4v) is 4.23. The van der Waals surface area contributed by atoms with Crippen molar-refractivity contribution in [3.05, 3.63) is 16.1 Å². The first-order chi connectivity index (χ1) is 10.0. The van der Waals surface area contributed by atoms with E-state index in [1.54, 1.807) is 11.3 Å². The van der Waals surface area contributed by atoms with Gasteiger partial charge < -0.3 is 4.90 Å². The lowest BCUT2D eigenvalue weighted by atomic mass is 9.71. The smallest absolute Gasteiger partial charge is 0.232 e. The number of nitrogens with zero attached hydrogens (tertiary/aromatic N) is 3. The van der Waals surface area contributed by atoms with Gasteiger partial charge in [-0.1, -0.05) is 6.92 Å². The van der Waals surface area contributed by atoms with Gasteiger partial charge in [-0.3, -0.25) is 9.69 Å². The van der Waals surface area contributed by atoms with Gasteiger partial charge in [-0.15, -0.1) is 11.3 Å². The van der Waals surface area contributed by atoms with E-state index in [2.05, 4.69) is 34.0 Å². The molecule has 0 unspecified atom stereocenters. The molecule has 2 atom stereocenters. The average molecular weight is 307 g/mol. The van der Waals surface area contributed by atoms with Crippen molar-refractivity contribution in [3.63, 3.8) is 0 Å². The quantitative estimate of drug-likeness (QED) is 0.803. The zero-order valence-corrected chi connectivity index (χ0v) is 14.1. The first kappa shape index (κ1) is 15.0. The molecule has 1 spiro atoms. The van der Waals surface area contributed by atoms with Crippen LogP contribution in [-0.4, -0.2) is 46.4 Å². The van der Waals surface area contributed by atoms with Gasteiger partial charge in [0.1, 0.15) is 0 Å². The summed E-state index contributed by atoms with van der Waals surface area (Å²) in [6, 6.07) is 0.389. The zero-order valence-electron chi connectivity index (χ0n) is 13.3. The largest absolute Gasteiger partial charge is 0.338 e. The number of piperidine rings is 1. The standard InChI is InChI=1S/C16H25N3OS/c1-4-12(2)19-11-16(15(19)20)6-5-7-18(10-16)8-14-9-21-13(3)17-14/h9,12H,4-8,10-11H2,1-3H3/t12-,16+/m1/s1. The lowest BCUT2D eigenvalue weighted by molar-refractivity contribution is -0.170. The molecule has 3 heterocycles. The maximum Gasteiger partial charge on any atom is 0.232 e. The molecule has 4 nitrogen and oxygen atoms in total. The molecular formula is C16H25N3OS. The van der Waals surface area contributed by atoms with Crippen molar-refractivity contribution >= 4 is 17.2 Å². The van der Waals surface area contributed by atoms with Crippen LogP contribution < -0.4 is 0 Å². The number of thiazole rings is 1. The highest BCUT2D eigenvalue weighted by atomic mass is 32.1. The number of likely N-dealkylation sites (tertiary alicyclic amines) is 2. The normalized spacial score (nSPS) is 28.0. The van der Waals surface area contributed by atoms with E-state index in [1.165, 1.54) is 0 Å². The third-order valence-corrected chi connectivity index (χ3v) is 5.84. The van der Waals surface area contributed by atoms with Crippen molar-refractivity contribution in [1.82, 2.24) is 14.8 Å². The van der Waals surface area contributed by atoms with E-state index in [1.807, 2.05) is 6.92 Å². The Balaban J connectivity index is 1.63. The predicted molar refractivity (Wildman–Crippen MR) is 85.3 cm³/mol. The van der Waals surface area contributed by atoms with E-state index < -0.39 is 0 Å². The summed E-state index contributed by atoms with van der Waals surface area (Å²) in [5.41, 5.74) is 1.06. The molecule has 3 rings (SSSR count). The lowest BCUT2D eigenvalue weighted by Crippen LogP contribution is -2.68. The van der Waals surface area contributed by atoms with Crippen molar-refractivity contribution in [1.29, 1.82) is 0 Å². The van der Waals surface area contributed by atoms with Crippen molar-refractivity contribution < 1.29 is 4.79 Å². The molecule has 2 aliphatic rings. The average Bonchev–Trinajstić information content (AvgIpc) is 2.89. The summed E-state index contributed by atoms with van der Waals surface area (Å²) in [5, 5.41) is 3.27. The number of aryl methyl sites for hydroxylation is 1. The number of β-lactam (4-membered cyclic amide) rings is 1. The monoisotopic (exact) mass is 307 g/mol. The molecule has 0 bridgehead atoms. The molecule has 0 radical (unpaired) electrons. The first-order valence-corrected chi connectivity index (χ1v) is 8.86. The van der Waals surface area contributed by atoms with Crippen LogP contribution in [0.3, 0.4) is 0 Å². The predicted octanol–water partition coefficient (Wildman–Crippen LogP) is 2.67. The van der Waals surface area contributed by atoms with E-state index in [9.17, 15) is 4.79 Å². The molecule has 1 aromatic rings. The molecule has 1 aromatic heterocycles. The molecule has 5 heteroatoms. The fourth-order valence-electron chi connectivity index (χ4n) is 3.63. The second-order valence-corrected chi connectivity index (χ2v) is 7.70. The van der Waals surface area contributed by atoms with Gasteiger partial charge in [-0.2, -0.15) is 0 Å². The SMILES string of the molecule is CC[C@@H](C)N1C[C@@]2(CCCN(Cc3csc(C)n3)C2)C1=O. The van der Waals surface area contributed by atoms with Gasteiger partial charge in [0.25, 0.3) is 0 Å². The van der Waals surface area contributed by atoms with Gasteiger partial charge in [-0.25, -0.2) is 4.98 Å². The molecule has 2 saturated heterocycles. The third-order valence-electron chi connectivity index (χ3n) is 5.02. The summed E-state index contributed by atoms with van der Waals surface area (Å²) in [5.74, 6) is 0.385. The summed E-state index contributed by atoms with van der Waals surface area (Å²) in [4.78, 5) is 21.7. The molecule has 0 N–H and O–H groups in total. The number of aromatic nitrogens is 1. The number of carbonyl (C=O) groups excluding carboxylic acids is 1. The third kappa shape index (κ3) is 2.73. The molecule has 116 valence electrons. The van der Waals surface area contributed by atoms with Crippen LogP contribution in [0, 0.1) is 12.3 Å². The number of rotatable bonds is 4. The summed E-state index contributed by atoms with van der Waals surface area (Å²) in [7, 11) is 0. The van der Waals surface area contributed by atoms with Crippen molar-refractivity contribution in [3.8, 4) is 0 Å². The Morgan fingerprint density at radius 1 is 1.48 bits per heavy atom. The lowest BCUT2D eigenvalue weighted by Gasteiger charge is -2.55. The van der Waals surface area contributed by atoms with Crippen LogP contribution in [0.25, 0.3) is 0 Å². The highest BCUT2D eigenvalue weighted by molar-refractivity contribution is 7.09. The Morgan fingerprint density at radius 3 is 2.90 bits per heavy atom. The second-order valence-electron chi connectivity index (χ2n) is 6.64. The Kier molecular flexibility index (Phi) is 4.06. The fraction of sp³-hybridized carbons (Fsp3) is 0.750. The summed E-state index contributed by atoms with van der Waals surface area (Å²) < 4.78 is 0. The number of carbonyl (C=O) groups is 1. The van der Waals surface area contributed by atoms with Crippen LogP contribution in [-0.2, 0) is 11.3 Å². The van der Waals surface area contributed by atoms with Crippen LogP contribution in [0.15, 0.2) is 5.38 Å². The molecular weight excluding hydrogens is 282 g/mol.